The predicted octanol–water partition coefficient (Wildman–Crippen LogP) is 4.18. The summed E-state index contributed by atoms with van der Waals surface area (Å²) in [5.74, 6) is 3.93. The van der Waals surface area contributed by atoms with Gasteiger partial charge in [-0.2, -0.15) is 0 Å². The normalized spacial score (nSPS) is 25.8. The van der Waals surface area contributed by atoms with E-state index in [2.05, 4.69) is 65.0 Å². The Labute approximate surface area is 177 Å². The van der Waals surface area contributed by atoms with Crippen molar-refractivity contribution in [3.8, 4) is 5.75 Å². The number of ether oxygens (including phenoxy) is 2. The van der Waals surface area contributed by atoms with Gasteiger partial charge in [0.2, 0.25) is 0 Å². The minimum atomic E-state index is 0.365. The first-order valence-electron chi connectivity index (χ1n) is 11.2. The molecule has 5 heteroatoms. The summed E-state index contributed by atoms with van der Waals surface area (Å²) in [5.41, 5.74) is 3.58. The lowest BCUT2D eigenvalue weighted by Gasteiger charge is -2.34. The summed E-state index contributed by atoms with van der Waals surface area (Å²) in [5, 5.41) is 0. The van der Waals surface area contributed by atoms with E-state index in [-0.39, 0.29) is 0 Å². The number of likely N-dealkylation sites (tertiary alicyclic amines) is 1. The van der Waals surface area contributed by atoms with Crippen LogP contribution in [0.1, 0.15) is 30.3 Å². The van der Waals surface area contributed by atoms with E-state index < -0.39 is 0 Å². The van der Waals surface area contributed by atoms with E-state index in [0.29, 0.717) is 17.9 Å². The molecule has 1 aromatic heterocycles. The monoisotopic (exact) mass is 403 g/mol. The first-order valence-corrected chi connectivity index (χ1v) is 11.2. The van der Waals surface area contributed by atoms with Gasteiger partial charge in [0.05, 0.1) is 30.8 Å². The smallest absolute Gasteiger partial charge is 0.124 e. The van der Waals surface area contributed by atoms with E-state index in [1.165, 1.54) is 23.9 Å². The van der Waals surface area contributed by atoms with Crippen molar-refractivity contribution in [2.75, 3.05) is 26.4 Å². The van der Waals surface area contributed by atoms with Gasteiger partial charge in [-0.1, -0.05) is 30.3 Å². The topological polar surface area (TPSA) is 39.5 Å². The molecule has 0 N–H and O–H groups in total. The molecule has 3 heterocycles. The summed E-state index contributed by atoms with van der Waals surface area (Å²) in [4.78, 5) is 7.56. The number of fused-ring (bicyclic) bond motifs is 4. The molecule has 3 aromatic rings. The third kappa shape index (κ3) is 3.21. The van der Waals surface area contributed by atoms with Crippen molar-refractivity contribution in [1.29, 1.82) is 0 Å². The second kappa shape index (κ2) is 7.40. The lowest BCUT2D eigenvalue weighted by atomic mass is 9.85. The van der Waals surface area contributed by atoms with E-state index in [9.17, 15) is 0 Å². The number of aryl methyl sites for hydroxylation is 1. The second-order valence-corrected chi connectivity index (χ2v) is 9.20. The maximum Gasteiger partial charge on any atom is 0.124 e. The van der Waals surface area contributed by atoms with Gasteiger partial charge in [0.1, 0.15) is 11.6 Å². The van der Waals surface area contributed by atoms with E-state index in [0.717, 1.165) is 55.9 Å². The highest BCUT2D eigenvalue weighted by molar-refractivity contribution is 5.75. The van der Waals surface area contributed by atoms with Gasteiger partial charge in [-0.05, 0) is 37.0 Å². The maximum absolute atomic E-state index is 6.17. The van der Waals surface area contributed by atoms with Crippen LogP contribution in [0.15, 0.2) is 48.5 Å². The van der Waals surface area contributed by atoms with Crippen LogP contribution < -0.4 is 4.74 Å². The number of hydrogen-bond acceptors (Lipinski definition) is 4. The number of benzene rings is 2. The van der Waals surface area contributed by atoms with Gasteiger partial charge in [-0.15, -0.1) is 0 Å². The fourth-order valence-electron chi connectivity index (χ4n) is 5.30. The quantitative estimate of drug-likeness (QED) is 0.619. The molecule has 0 radical (unpaired) electrons. The van der Waals surface area contributed by atoms with Gasteiger partial charge < -0.3 is 14.0 Å². The molecule has 0 amide bonds. The van der Waals surface area contributed by atoms with Crippen molar-refractivity contribution in [2.45, 2.75) is 25.4 Å². The van der Waals surface area contributed by atoms with Gasteiger partial charge in [-0.25, -0.2) is 4.98 Å². The van der Waals surface area contributed by atoms with Crippen LogP contribution in [0.3, 0.4) is 0 Å². The predicted molar refractivity (Wildman–Crippen MR) is 116 cm³/mol. The number of hydrogen-bond donors (Lipinski definition) is 0. The van der Waals surface area contributed by atoms with Crippen LogP contribution in [0.5, 0.6) is 5.75 Å². The summed E-state index contributed by atoms with van der Waals surface area (Å²) < 4.78 is 14.6. The van der Waals surface area contributed by atoms with Crippen molar-refractivity contribution in [2.24, 2.45) is 24.8 Å². The van der Waals surface area contributed by atoms with Crippen molar-refractivity contribution in [3.63, 3.8) is 0 Å². The molecule has 1 aliphatic carbocycles. The molecule has 5 nitrogen and oxygen atoms in total. The van der Waals surface area contributed by atoms with Crippen LogP contribution in [-0.2, 0) is 18.3 Å². The molecule has 2 aromatic carbocycles. The zero-order chi connectivity index (χ0) is 20.1. The molecule has 6 rings (SSSR count). The fraction of sp³-hybridized carbons (Fsp3) is 0.480. The highest BCUT2D eigenvalue weighted by Gasteiger charge is 2.46. The van der Waals surface area contributed by atoms with E-state index >= 15 is 0 Å². The van der Waals surface area contributed by atoms with Crippen LogP contribution in [0.4, 0.5) is 0 Å². The minimum Gasteiger partial charge on any atom is -0.493 e. The molecular formula is C25H29N3O2. The molecule has 0 bridgehead atoms. The van der Waals surface area contributed by atoms with Crippen LogP contribution in [0.25, 0.3) is 11.0 Å². The van der Waals surface area contributed by atoms with Crippen LogP contribution in [-0.4, -0.2) is 40.8 Å². The third-order valence-corrected chi connectivity index (χ3v) is 7.15. The van der Waals surface area contributed by atoms with Crippen molar-refractivity contribution in [3.05, 3.63) is 59.9 Å². The molecule has 30 heavy (non-hydrogen) atoms. The standard InChI is InChI=1S/C25H29N3O2/c1-27-22-8-4-3-7-21(22)26-24(27)13-28-12-18(15-29-14-17-10-11-17)20-16-30-23-9-5-2-6-19(23)25(20)28/h2-9,17-18,20,25H,10-16H2,1H3/t18-,20-,25-/m0/s1. The number of imidazole rings is 1. The largest absolute Gasteiger partial charge is 0.493 e. The van der Waals surface area contributed by atoms with Gasteiger partial charge in [0, 0.05) is 43.6 Å². The number of nitrogens with zero attached hydrogens (tertiary/aromatic N) is 3. The molecule has 3 aliphatic rings. The fourth-order valence-corrected chi connectivity index (χ4v) is 5.30. The van der Waals surface area contributed by atoms with Crippen LogP contribution in [0.2, 0.25) is 0 Å². The van der Waals surface area contributed by atoms with Gasteiger partial charge in [0.25, 0.3) is 0 Å². The highest BCUT2D eigenvalue weighted by Crippen LogP contribution is 2.48. The van der Waals surface area contributed by atoms with Crippen LogP contribution >= 0.6 is 0 Å². The average molecular weight is 404 g/mol. The first kappa shape index (κ1) is 18.4. The molecule has 2 fully saturated rings. The van der Waals surface area contributed by atoms with E-state index in [4.69, 9.17) is 14.5 Å². The molecule has 1 saturated carbocycles. The SMILES string of the molecule is Cn1c(CN2C[C@@H](COCC3CC3)[C@@H]3COc4ccccc4[C@@H]32)nc2ccccc21. The number of aromatic nitrogens is 2. The van der Waals surface area contributed by atoms with Crippen LogP contribution in [0, 0.1) is 17.8 Å². The molecule has 2 aliphatic heterocycles. The second-order valence-electron chi connectivity index (χ2n) is 9.20. The molecule has 1 saturated heterocycles. The summed E-state index contributed by atoms with van der Waals surface area (Å²) >= 11 is 0. The summed E-state index contributed by atoms with van der Waals surface area (Å²) in [6.45, 7) is 4.41. The average Bonchev–Trinajstić information content (AvgIpc) is 3.46. The van der Waals surface area contributed by atoms with Gasteiger partial charge >= 0.3 is 0 Å². The summed E-state index contributed by atoms with van der Waals surface area (Å²) in [7, 11) is 2.13. The maximum atomic E-state index is 6.17. The Hall–Kier alpha value is -2.37. The van der Waals surface area contributed by atoms with Crippen molar-refractivity contribution < 1.29 is 9.47 Å². The van der Waals surface area contributed by atoms with Crippen molar-refractivity contribution in [1.82, 2.24) is 14.5 Å². The Balaban J connectivity index is 1.29. The zero-order valence-corrected chi connectivity index (χ0v) is 17.5. The molecule has 156 valence electrons. The highest BCUT2D eigenvalue weighted by atomic mass is 16.5. The Bertz CT molecular complexity index is 1060. The number of para-hydroxylation sites is 3. The Morgan fingerprint density at radius 1 is 1.07 bits per heavy atom. The summed E-state index contributed by atoms with van der Waals surface area (Å²) in [6, 6.07) is 17.3. The molecular weight excluding hydrogens is 374 g/mol. The van der Waals surface area contributed by atoms with Gasteiger partial charge in [-0.3, -0.25) is 4.90 Å². The van der Waals surface area contributed by atoms with Gasteiger partial charge in [0.15, 0.2) is 0 Å². The zero-order valence-electron chi connectivity index (χ0n) is 17.5. The third-order valence-electron chi connectivity index (χ3n) is 7.15. The molecule has 0 unspecified atom stereocenters. The Kier molecular flexibility index (Phi) is 4.54. The molecule has 0 spiro atoms. The minimum absolute atomic E-state index is 0.365. The number of rotatable bonds is 6. The summed E-state index contributed by atoms with van der Waals surface area (Å²) in [6.07, 6.45) is 2.68. The van der Waals surface area contributed by atoms with E-state index in [1.54, 1.807) is 0 Å². The van der Waals surface area contributed by atoms with E-state index in [1.807, 2.05) is 0 Å². The molecule has 3 atom stereocenters. The lowest BCUT2D eigenvalue weighted by molar-refractivity contribution is 0.0641. The Morgan fingerprint density at radius 3 is 2.77 bits per heavy atom. The first-order chi connectivity index (χ1) is 14.8. The van der Waals surface area contributed by atoms with Crippen molar-refractivity contribution >= 4 is 11.0 Å². The lowest BCUT2D eigenvalue weighted by Crippen LogP contribution is -2.32. The Morgan fingerprint density at radius 2 is 1.90 bits per heavy atom.